The standard InChI is InChI=1S/C26H35F2N3O5S/c1-5-14-29-26(33)24(6-2)30(18-19-9-7-10-21(16-19)36-3)25(32)11-8-15-31(37(4,34)35)20-12-13-22(27)23(28)17-20/h7,9-10,12-13,16-17,24H,5-6,8,11,14-15,18H2,1-4H3,(H,29,33). The average Bonchev–Trinajstić information content (AvgIpc) is 2.86. The number of methoxy groups -OCH3 is 1. The normalized spacial score (nSPS) is 12.1. The highest BCUT2D eigenvalue weighted by molar-refractivity contribution is 7.92. The lowest BCUT2D eigenvalue weighted by atomic mass is 10.1. The molecule has 8 nitrogen and oxygen atoms in total. The van der Waals surface area contributed by atoms with Crippen molar-refractivity contribution in [3.05, 3.63) is 59.7 Å². The van der Waals surface area contributed by atoms with Crippen molar-refractivity contribution >= 4 is 27.5 Å². The van der Waals surface area contributed by atoms with Gasteiger partial charge in [-0.1, -0.05) is 26.0 Å². The van der Waals surface area contributed by atoms with Crippen LogP contribution in [-0.4, -0.2) is 57.6 Å². The Hall–Kier alpha value is -3.21. The Labute approximate surface area is 217 Å². The average molecular weight is 540 g/mol. The quantitative estimate of drug-likeness (QED) is 0.394. The second-order valence-corrected chi connectivity index (χ2v) is 10.5. The molecule has 1 atom stereocenters. The summed E-state index contributed by atoms with van der Waals surface area (Å²) in [4.78, 5) is 27.7. The molecular formula is C26H35F2N3O5S. The maximum Gasteiger partial charge on any atom is 0.242 e. The molecule has 11 heteroatoms. The van der Waals surface area contributed by atoms with Crippen LogP contribution in [0, 0.1) is 11.6 Å². The van der Waals surface area contributed by atoms with Crippen LogP contribution in [0.1, 0.15) is 45.1 Å². The Morgan fingerprint density at radius 3 is 2.41 bits per heavy atom. The van der Waals surface area contributed by atoms with E-state index in [0.29, 0.717) is 18.7 Å². The Kier molecular flexibility index (Phi) is 11.3. The van der Waals surface area contributed by atoms with Crippen molar-refractivity contribution in [2.45, 2.75) is 52.1 Å². The van der Waals surface area contributed by atoms with Crippen molar-refractivity contribution < 1.29 is 31.5 Å². The molecule has 2 amide bonds. The van der Waals surface area contributed by atoms with E-state index in [1.54, 1.807) is 18.2 Å². The number of nitrogens with zero attached hydrogens (tertiary/aromatic N) is 2. The van der Waals surface area contributed by atoms with Crippen molar-refractivity contribution in [1.29, 1.82) is 0 Å². The van der Waals surface area contributed by atoms with Crippen molar-refractivity contribution in [2.24, 2.45) is 0 Å². The third kappa shape index (κ3) is 8.70. The van der Waals surface area contributed by atoms with Crippen LogP contribution in [0.25, 0.3) is 0 Å². The SMILES string of the molecule is CCCNC(=O)C(CC)N(Cc1cccc(OC)c1)C(=O)CCCN(c1ccc(F)c(F)c1)S(C)(=O)=O. The van der Waals surface area contributed by atoms with Crippen molar-refractivity contribution in [1.82, 2.24) is 10.2 Å². The molecule has 0 aromatic heterocycles. The molecule has 2 aromatic rings. The van der Waals surface area contributed by atoms with E-state index >= 15 is 0 Å². The molecule has 1 unspecified atom stereocenters. The van der Waals surface area contributed by atoms with Gasteiger partial charge in [-0.3, -0.25) is 13.9 Å². The first-order chi connectivity index (χ1) is 17.5. The van der Waals surface area contributed by atoms with Gasteiger partial charge in [0.1, 0.15) is 11.8 Å². The first kappa shape index (κ1) is 30.0. The van der Waals surface area contributed by atoms with Crippen LogP contribution in [0.4, 0.5) is 14.5 Å². The van der Waals surface area contributed by atoms with Gasteiger partial charge >= 0.3 is 0 Å². The summed E-state index contributed by atoms with van der Waals surface area (Å²) >= 11 is 0. The fourth-order valence-electron chi connectivity index (χ4n) is 3.90. The topological polar surface area (TPSA) is 96.0 Å². The predicted octanol–water partition coefficient (Wildman–Crippen LogP) is 3.85. The Balaban J connectivity index is 2.24. The zero-order valence-corrected chi connectivity index (χ0v) is 22.5. The third-order valence-electron chi connectivity index (χ3n) is 5.77. The number of anilines is 1. The Morgan fingerprint density at radius 2 is 1.81 bits per heavy atom. The van der Waals surface area contributed by atoms with E-state index in [4.69, 9.17) is 4.74 Å². The molecule has 0 radical (unpaired) electrons. The summed E-state index contributed by atoms with van der Waals surface area (Å²) in [6.07, 6.45) is 2.13. The van der Waals surface area contributed by atoms with Crippen LogP contribution in [0.2, 0.25) is 0 Å². The number of sulfonamides is 1. The number of carbonyl (C=O) groups is 2. The molecule has 0 heterocycles. The van der Waals surface area contributed by atoms with Crippen molar-refractivity contribution in [2.75, 3.05) is 30.8 Å². The van der Waals surface area contributed by atoms with Crippen LogP contribution in [0.15, 0.2) is 42.5 Å². The number of hydrogen-bond donors (Lipinski definition) is 1. The molecule has 0 saturated carbocycles. The molecule has 1 N–H and O–H groups in total. The molecule has 2 rings (SSSR count). The van der Waals surface area contributed by atoms with E-state index < -0.39 is 27.7 Å². The van der Waals surface area contributed by atoms with E-state index in [2.05, 4.69) is 5.32 Å². The lowest BCUT2D eigenvalue weighted by Crippen LogP contribution is -2.49. The molecule has 0 fully saturated rings. The number of hydrogen-bond acceptors (Lipinski definition) is 5. The molecule has 0 aliphatic rings. The maximum absolute atomic E-state index is 13.7. The minimum Gasteiger partial charge on any atom is -0.497 e. The highest BCUT2D eigenvalue weighted by Gasteiger charge is 2.29. The van der Waals surface area contributed by atoms with E-state index in [1.807, 2.05) is 19.9 Å². The number of amides is 2. The first-order valence-electron chi connectivity index (χ1n) is 12.1. The van der Waals surface area contributed by atoms with Gasteiger partial charge in [0.2, 0.25) is 21.8 Å². The van der Waals surface area contributed by atoms with Gasteiger partial charge in [-0.25, -0.2) is 17.2 Å². The summed E-state index contributed by atoms with van der Waals surface area (Å²) in [5.74, 6) is -2.24. The van der Waals surface area contributed by atoms with Gasteiger partial charge in [0, 0.05) is 32.1 Å². The molecule has 0 bridgehead atoms. The minimum atomic E-state index is -3.83. The highest BCUT2D eigenvalue weighted by Crippen LogP contribution is 2.22. The number of nitrogens with one attached hydrogen (secondary N) is 1. The Morgan fingerprint density at radius 1 is 1.08 bits per heavy atom. The number of rotatable bonds is 14. The highest BCUT2D eigenvalue weighted by atomic mass is 32.2. The molecule has 2 aromatic carbocycles. The fraction of sp³-hybridized carbons (Fsp3) is 0.462. The molecule has 37 heavy (non-hydrogen) atoms. The summed E-state index contributed by atoms with van der Waals surface area (Å²) in [5, 5.41) is 2.84. The van der Waals surface area contributed by atoms with E-state index in [1.165, 1.54) is 18.1 Å². The van der Waals surface area contributed by atoms with Gasteiger partial charge in [-0.15, -0.1) is 0 Å². The lowest BCUT2D eigenvalue weighted by molar-refractivity contribution is -0.141. The third-order valence-corrected chi connectivity index (χ3v) is 6.96. The van der Waals surface area contributed by atoms with Gasteiger partial charge in [0.15, 0.2) is 11.6 Å². The summed E-state index contributed by atoms with van der Waals surface area (Å²) in [6.45, 7) is 4.26. The number of carbonyl (C=O) groups excluding carboxylic acids is 2. The Bertz CT molecular complexity index is 1180. The largest absolute Gasteiger partial charge is 0.497 e. The summed E-state index contributed by atoms with van der Waals surface area (Å²) < 4.78 is 58.0. The lowest BCUT2D eigenvalue weighted by Gasteiger charge is -2.31. The fourth-order valence-corrected chi connectivity index (χ4v) is 4.85. The van der Waals surface area contributed by atoms with Crippen LogP contribution in [-0.2, 0) is 26.2 Å². The molecule has 0 aliphatic carbocycles. The first-order valence-corrected chi connectivity index (χ1v) is 14.0. The zero-order valence-electron chi connectivity index (χ0n) is 21.7. The van der Waals surface area contributed by atoms with E-state index in [0.717, 1.165) is 34.7 Å². The van der Waals surface area contributed by atoms with Gasteiger partial charge in [-0.2, -0.15) is 0 Å². The number of ether oxygens (including phenoxy) is 1. The van der Waals surface area contributed by atoms with E-state index in [9.17, 15) is 26.8 Å². The molecule has 204 valence electrons. The molecule has 0 aliphatic heterocycles. The number of halogens is 2. The predicted molar refractivity (Wildman–Crippen MR) is 139 cm³/mol. The second-order valence-electron chi connectivity index (χ2n) is 8.63. The minimum absolute atomic E-state index is 0.0348. The van der Waals surface area contributed by atoms with Gasteiger partial charge in [0.05, 0.1) is 19.1 Å². The maximum atomic E-state index is 13.7. The van der Waals surface area contributed by atoms with Gasteiger partial charge in [-0.05, 0) is 49.1 Å². The van der Waals surface area contributed by atoms with Crippen LogP contribution in [0.3, 0.4) is 0 Å². The van der Waals surface area contributed by atoms with Crippen molar-refractivity contribution in [3.8, 4) is 5.75 Å². The smallest absolute Gasteiger partial charge is 0.242 e. The van der Waals surface area contributed by atoms with E-state index in [-0.39, 0.29) is 43.4 Å². The van der Waals surface area contributed by atoms with Gasteiger partial charge in [0.25, 0.3) is 0 Å². The summed E-state index contributed by atoms with van der Waals surface area (Å²) in [6, 6.07) is 9.28. The number of benzene rings is 2. The zero-order chi connectivity index (χ0) is 27.6. The second kappa shape index (κ2) is 13.9. The van der Waals surface area contributed by atoms with Crippen LogP contribution < -0.4 is 14.4 Å². The molecule has 0 saturated heterocycles. The van der Waals surface area contributed by atoms with Crippen LogP contribution in [0.5, 0.6) is 5.75 Å². The molecule has 0 spiro atoms. The monoisotopic (exact) mass is 539 g/mol. The van der Waals surface area contributed by atoms with Crippen LogP contribution >= 0.6 is 0 Å². The van der Waals surface area contributed by atoms with Crippen molar-refractivity contribution in [3.63, 3.8) is 0 Å². The molecular weight excluding hydrogens is 504 g/mol. The van der Waals surface area contributed by atoms with Gasteiger partial charge < -0.3 is 15.0 Å². The summed E-state index contributed by atoms with van der Waals surface area (Å²) in [7, 11) is -2.29. The summed E-state index contributed by atoms with van der Waals surface area (Å²) in [5.41, 5.74) is 0.737.